The number of para-hydroxylation sites is 1. The molecular weight excluding hydrogens is 822 g/mol. The Kier molecular flexibility index (Phi) is 9.30. The Hall–Kier alpha value is -6.78. The second kappa shape index (κ2) is 14.9. The Morgan fingerprint density at radius 1 is 0.471 bits per heavy atom. The zero-order valence-corrected chi connectivity index (χ0v) is 41.5. The fraction of sp³-hybridized carbons (Fsp3) is 0.250. The number of benzene rings is 8. The molecule has 0 spiro atoms. The average Bonchev–Trinajstić information content (AvgIpc) is 3.54. The molecule has 0 saturated carbocycles. The predicted octanol–water partition coefficient (Wildman–Crippen LogP) is 14.9. The van der Waals surface area contributed by atoms with E-state index in [4.69, 9.17) is 0 Å². The van der Waals surface area contributed by atoms with Gasteiger partial charge in [0.05, 0.1) is 5.54 Å². The third-order valence-corrected chi connectivity index (χ3v) is 16.6. The first-order valence-corrected chi connectivity index (χ1v) is 24.8. The SMILES string of the molecule is Cc1cc2c3c(c1)N(c1ccc(C(C)(C)C)cc1C)c1ccccc1B3c1ccc(N3c4ccc(-c5ccccc5)cc4C4(C)CCc5ccccc5C34C)cc1N2c1ccc(C(C)(C)C)cc1. The lowest BCUT2D eigenvalue weighted by molar-refractivity contribution is 0.245. The number of aryl methyl sites for hydroxylation is 3. The summed E-state index contributed by atoms with van der Waals surface area (Å²) in [4.78, 5) is 7.89. The van der Waals surface area contributed by atoms with Crippen LogP contribution < -0.4 is 31.1 Å². The van der Waals surface area contributed by atoms with Crippen molar-refractivity contribution in [2.45, 2.75) is 104 Å². The van der Waals surface area contributed by atoms with Crippen molar-refractivity contribution in [2.24, 2.45) is 0 Å². The molecule has 1 aliphatic carbocycles. The molecule has 68 heavy (non-hydrogen) atoms. The normalized spacial score (nSPS) is 18.9. The number of fused-ring (bicyclic) bond motifs is 9. The number of hydrogen-bond donors (Lipinski definition) is 0. The molecule has 3 heterocycles. The van der Waals surface area contributed by atoms with Crippen molar-refractivity contribution in [3.8, 4) is 11.1 Å². The summed E-state index contributed by atoms with van der Waals surface area (Å²) in [6.07, 6.45) is 2.13. The monoisotopic (exact) mass is 884 g/mol. The van der Waals surface area contributed by atoms with Crippen LogP contribution in [0.25, 0.3) is 11.1 Å². The van der Waals surface area contributed by atoms with Gasteiger partial charge in [-0.25, -0.2) is 0 Å². The highest BCUT2D eigenvalue weighted by Crippen LogP contribution is 2.64. The van der Waals surface area contributed by atoms with E-state index >= 15 is 0 Å². The van der Waals surface area contributed by atoms with E-state index in [1.54, 1.807) is 0 Å². The van der Waals surface area contributed by atoms with Gasteiger partial charge in [-0.15, -0.1) is 0 Å². The van der Waals surface area contributed by atoms with Crippen LogP contribution in [0.15, 0.2) is 170 Å². The lowest BCUT2D eigenvalue weighted by Crippen LogP contribution is -2.61. The minimum absolute atomic E-state index is 0.0333. The van der Waals surface area contributed by atoms with Crippen LogP contribution >= 0.6 is 0 Å². The minimum Gasteiger partial charge on any atom is -0.330 e. The van der Waals surface area contributed by atoms with E-state index in [2.05, 4.69) is 254 Å². The van der Waals surface area contributed by atoms with Gasteiger partial charge in [-0.1, -0.05) is 158 Å². The first-order valence-electron chi connectivity index (χ1n) is 24.8. The van der Waals surface area contributed by atoms with E-state index in [0.717, 1.165) is 12.8 Å². The molecule has 2 atom stereocenters. The maximum absolute atomic E-state index is 2.73. The lowest BCUT2D eigenvalue weighted by Gasteiger charge is -2.51. The summed E-state index contributed by atoms with van der Waals surface area (Å²) in [5.41, 5.74) is 25.6. The molecule has 0 amide bonds. The molecule has 0 N–H and O–H groups in total. The highest BCUT2D eigenvalue weighted by molar-refractivity contribution is 7.00. The van der Waals surface area contributed by atoms with Crippen LogP contribution in [0.2, 0.25) is 0 Å². The topological polar surface area (TPSA) is 9.72 Å². The van der Waals surface area contributed by atoms with Crippen molar-refractivity contribution in [2.75, 3.05) is 14.7 Å². The molecule has 3 nitrogen and oxygen atoms in total. The average molecular weight is 884 g/mol. The second-order valence-electron chi connectivity index (χ2n) is 22.7. The Balaban J connectivity index is 1.11. The van der Waals surface area contributed by atoms with Gasteiger partial charge in [0, 0.05) is 50.9 Å². The highest BCUT2D eigenvalue weighted by atomic mass is 15.3. The molecule has 0 fully saturated rings. The molecule has 12 rings (SSSR count). The molecule has 8 aromatic rings. The largest absolute Gasteiger partial charge is 0.330 e. The molecule has 4 heteroatoms. The smallest absolute Gasteiger partial charge is 0.252 e. The van der Waals surface area contributed by atoms with Gasteiger partial charge in [0.1, 0.15) is 0 Å². The minimum atomic E-state index is -0.346. The van der Waals surface area contributed by atoms with Gasteiger partial charge in [-0.05, 0) is 172 Å². The van der Waals surface area contributed by atoms with E-state index in [1.807, 2.05) is 0 Å². The predicted molar refractivity (Wildman–Crippen MR) is 291 cm³/mol. The van der Waals surface area contributed by atoms with Crippen LogP contribution in [0.3, 0.4) is 0 Å². The van der Waals surface area contributed by atoms with Gasteiger partial charge in [-0.2, -0.15) is 0 Å². The summed E-state index contributed by atoms with van der Waals surface area (Å²) in [5, 5.41) is 0. The highest BCUT2D eigenvalue weighted by Gasteiger charge is 2.60. The second-order valence-corrected chi connectivity index (χ2v) is 22.7. The Labute approximate surface area is 405 Å². The standard InChI is InChI=1S/C64H62BN3/c1-41-36-58-60-59(37-41)67(54-33-27-47(38-42(54)2)62(6,7)8)56-23-17-16-22-52(56)65(60)53-31-30-49(40-57(53)66(58)48-28-25-46(26-29-48)61(3,4)5)68-55-32-24-45(43-18-12-11-13-19-43)39-51(55)63(9)35-34-44-20-14-15-21-50(44)64(63,68)10/h11-33,36-40H,34-35H2,1-10H3. The fourth-order valence-electron chi connectivity index (χ4n) is 12.8. The summed E-state index contributed by atoms with van der Waals surface area (Å²) < 4.78 is 0. The van der Waals surface area contributed by atoms with Gasteiger partial charge in [0.15, 0.2) is 0 Å². The van der Waals surface area contributed by atoms with Crippen LogP contribution in [0.4, 0.5) is 45.5 Å². The summed E-state index contributed by atoms with van der Waals surface area (Å²) in [5.74, 6) is 0. The zero-order valence-electron chi connectivity index (χ0n) is 41.5. The lowest BCUT2D eigenvalue weighted by atomic mass is 9.33. The van der Waals surface area contributed by atoms with Crippen molar-refractivity contribution < 1.29 is 0 Å². The van der Waals surface area contributed by atoms with E-state index in [1.165, 1.54) is 112 Å². The zero-order chi connectivity index (χ0) is 47.1. The van der Waals surface area contributed by atoms with E-state index in [-0.39, 0.29) is 28.5 Å². The van der Waals surface area contributed by atoms with E-state index in [0.29, 0.717) is 0 Å². The van der Waals surface area contributed by atoms with Crippen molar-refractivity contribution in [1.82, 2.24) is 0 Å². The van der Waals surface area contributed by atoms with Crippen LogP contribution in [0, 0.1) is 13.8 Å². The summed E-state index contributed by atoms with van der Waals surface area (Å²) in [6.45, 7) is 23.5. The van der Waals surface area contributed by atoms with Crippen molar-refractivity contribution in [1.29, 1.82) is 0 Å². The first kappa shape index (κ1) is 42.6. The van der Waals surface area contributed by atoms with Crippen molar-refractivity contribution in [3.63, 3.8) is 0 Å². The summed E-state index contributed by atoms with van der Waals surface area (Å²) in [7, 11) is 0. The van der Waals surface area contributed by atoms with E-state index < -0.39 is 0 Å². The summed E-state index contributed by atoms with van der Waals surface area (Å²) >= 11 is 0. The molecule has 3 aliphatic heterocycles. The molecular formula is C64H62BN3. The quantitative estimate of drug-likeness (QED) is 0.163. The van der Waals surface area contributed by atoms with Gasteiger partial charge < -0.3 is 14.7 Å². The third kappa shape index (κ3) is 6.11. The maximum Gasteiger partial charge on any atom is 0.252 e. The third-order valence-electron chi connectivity index (χ3n) is 16.6. The van der Waals surface area contributed by atoms with Gasteiger partial charge >= 0.3 is 0 Å². The Bertz CT molecular complexity index is 3340. The van der Waals surface area contributed by atoms with Crippen molar-refractivity contribution >= 4 is 68.6 Å². The number of anilines is 8. The molecule has 2 unspecified atom stereocenters. The van der Waals surface area contributed by atoms with Gasteiger partial charge in [0.2, 0.25) is 0 Å². The maximum atomic E-state index is 2.73. The van der Waals surface area contributed by atoms with Gasteiger partial charge in [0.25, 0.3) is 6.71 Å². The molecule has 0 bridgehead atoms. The van der Waals surface area contributed by atoms with Crippen LogP contribution in [0.5, 0.6) is 0 Å². The fourth-order valence-corrected chi connectivity index (χ4v) is 12.8. The Morgan fingerprint density at radius 3 is 1.84 bits per heavy atom. The number of hydrogen-bond acceptors (Lipinski definition) is 3. The number of nitrogens with zero attached hydrogens (tertiary/aromatic N) is 3. The number of rotatable bonds is 4. The molecule has 0 aromatic heterocycles. The van der Waals surface area contributed by atoms with Crippen LogP contribution in [0.1, 0.15) is 101 Å². The van der Waals surface area contributed by atoms with Crippen LogP contribution in [-0.4, -0.2) is 6.71 Å². The molecule has 336 valence electrons. The summed E-state index contributed by atoms with van der Waals surface area (Å²) in [6, 6.07) is 65.6. The molecule has 8 aromatic carbocycles. The van der Waals surface area contributed by atoms with Crippen molar-refractivity contribution in [3.05, 3.63) is 209 Å². The first-order chi connectivity index (χ1) is 32.6. The van der Waals surface area contributed by atoms with Gasteiger partial charge in [-0.3, -0.25) is 0 Å². The molecule has 0 radical (unpaired) electrons. The molecule has 4 aliphatic rings. The Morgan fingerprint density at radius 2 is 1.10 bits per heavy atom. The van der Waals surface area contributed by atoms with E-state index in [9.17, 15) is 0 Å². The van der Waals surface area contributed by atoms with Crippen LogP contribution in [-0.2, 0) is 28.2 Å². The molecule has 0 saturated heterocycles.